The predicted octanol–water partition coefficient (Wildman–Crippen LogP) is 2.61. The van der Waals surface area contributed by atoms with E-state index in [0.717, 1.165) is 18.4 Å². The van der Waals surface area contributed by atoms with Crippen LogP contribution in [0, 0.1) is 5.92 Å². The minimum absolute atomic E-state index is 0.189. The van der Waals surface area contributed by atoms with Crippen molar-refractivity contribution in [3.63, 3.8) is 0 Å². The summed E-state index contributed by atoms with van der Waals surface area (Å²) in [6.07, 6.45) is 2.66. The minimum Gasteiger partial charge on any atom is -0.399 e. The maximum absolute atomic E-state index is 12.5. The van der Waals surface area contributed by atoms with E-state index in [2.05, 4.69) is 13.8 Å². The lowest BCUT2D eigenvalue weighted by molar-refractivity contribution is 0.396. The van der Waals surface area contributed by atoms with Gasteiger partial charge in [0, 0.05) is 18.3 Å². The Morgan fingerprint density at radius 1 is 1.35 bits per heavy atom. The fourth-order valence-electron chi connectivity index (χ4n) is 2.19. The van der Waals surface area contributed by atoms with Crippen LogP contribution in [0.25, 0.3) is 0 Å². The average molecular weight is 296 g/mol. The van der Waals surface area contributed by atoms with Crippen molar-refractivity contribution in [1.29, 1.82) is 0 Å². The van der Waals surface area contributed by atoms with Gasteiger partial charge in [0.2, 0.25) is 10.0 Å². The van der Waals surface area contributed by atoms with Crippen LogP contribution in [-0.2, 0) is 16.6 Å². The summed E-state index contributed by atoms with van der Waals surface area (Å²) >= 11 is 0. The average Bonchev–Trinajstić information content (AvgIpc) is 3.18. The number of nitrogens with two attached hydrogens (primary N) is 1. The third-order valence-electron chi connectivity index (χ3n) is 3.55. The first-order valence-electron chi connectivity index (χ1n) is 7.22. The summed E-state index contributed by atoms with van der Waals surface area (Å²) in [6, 6.07) is 7.67. The quantitative estimate of drug-likeness (QED) is 0.787. The van der Waals surface area contributed by atoms with Crippen molar-refractivity contribution in [2.24, 2.45) is 5.92 Å². The zero-order valence-electron chi connectivity index (χ0n) is 12.2. The van der Waals surface area contributed by atoms with Crippen LogP contribution in [0.1, 0.15) is 38.7 Å². The van der Waals surface area contributed by atoms with Crippen molar-refractivity contribution in [1.82, 2.24) is 4.31 Å². The molecular weight excluding hydrogens is 272 g/mol. The Kier molecular flexibility index (Phi) is 4.70. The number of rotatable bonds is 7. The van der Waals surface area contributed by atoms with Crippen LogP contribution >= 0.6 is 0 Å². The van der Waals surface area contributed by atoms with Gasteiger partial charge in [0.15, 0.2) is 0 Å². The molecule has 0 radical (unpaired) electrons. The highest BCUT2D eigenvalue weighted by atomic mass is 32.2. The Bertz CT molecular complexity index is 551. The lowest BCUT2D eigenvalue weighted by Gasteiger charge is -2.22. The van der Waals surface area contributed by atoms with Gasteiger partial charge in [-0.15, -0.1) is 0 Å². The fourth-order valence-corrected chi connectivity index (χ4v) is 4.21. The summed E-state index contributed by atoms with van der Waals surface area (Å²) in [5.41, 5.74) is 7.41. The molecule has 4 nitrogen and oxygen atoms in total. The van der Waals surface area contributed by atoms with Crippen LogP contribution in [0.2, 0.25) is 0 Å². The number of sulfonamides is 1. The molecule has 1 fully saturated rings. The zero-order valence-corrected chi connectivity index (χ0v) is 13.1. The van der Waals surface area contributed by atoms with E-state index in [9.17, 15) is 8.42 Å². The number of anilines is 1. The van der Waals surface area contributed by atoms with E-state index in [-0.39, 0.29) is 11.8 Å². The van der Waals surface area contributed by atoms with Gasteiger partial charge >= 0.3 is 0 Å². The number of hydrogen-bond donors (Lipinski definition) is 1. The van der Waals surface area contributed by atoms with Crippen LogP contribution in [0.15, 0.2) is 24.3 Å². The van der Waals surface area contributed by atoms with E-state index in [1.54, 1.807) is 4.31 Å². The first kappa shape index (κ1) is 15.3. The largest absolute Gasteiger partial charge is 0.399 e. The lowest BCUT2D eigenvalue weighted by Crippen LogP contribution is -2.34. The van der Waals surface area contributed by atoms with Gasteiger partial charge in [0.1, 0.15) is 0 Å². The molecule has 1 saturated carbocycles. The molecular formula is C15H24N2O2S. The van der Waals surface area contributed by atoms with Gasteiger partial charge in [0.05, 0.1) is 5.75 Å². The van der Waals surface area contributed by atoms with Gasteiger partial charge in [-0.25, -0.2) is 8.42 Å². The zero-order chi connectivity index (χ0) is 14.8. The third-order valence-corrected chi connectivity index (χ3v) is 5.45. The van der Waals surface area contributed by atoms with Gasteiger partial charge in [-0.1, -0.05) is 26.0 Å². The summed E-state index contributed by atoms with van der Waals surface area (Å²) in [4.78, 5) is 0. The summed E-state index contributed by atoms with van der Waals surface area (Å²) in [6.45, 7) is 4.54. The molecule has 112 valence electrons. The molecule has 1 aliphatic rings. The molecule has 0 spiro atoms. The van der Waals surface area contributed by atoms with Crippen molar-refractivity contribution in [2.75, 3.05) is 11.5 Å². The van der Waals surface area contributed by atoms with Crippen molar-refractivity contribution in [3.8, 4) is 0 Å². The predicted molar refractivity (Wildman–Crippen MR) is 82.7 cm³/mol. The molecule has 0 saturated heterocycles. The van der Waals surface area contributed by atoms with Crippen LogP contribution in [-0.4, -0.2) is 24.5 Å². The van der Waals surface area contributed by atoms with E-state index in [1.807, 2.05) is 24.3 Å². The van der Waals surface area contributed by atoms with Crippen LogP contribution in [0.4, 0.5) is 5.69 Å². The first-order chi connectivity index (χ1) is 9.38. The third kappa shape index (κ3) is 4.21. The number of nitrogens with zero attached hydrogens (tertiary/aromatic N) is 1. The maximum Gasteiger partial charge on any atom is 0.214 e. The molecule has 2 N–H and O–H groups in total. The monoisotopic (exact) mass is 296 g/mol. The van der Waals surface area contributed by atoms with Gasteiger partial charge in [-0.3, -0.25) is 0 Å². The Morgan fingerprint density at radius 3 is 2.60 bits per heavy atom. The molecule has 1 aliphatic carbocycles. The van der Waals surface area contributed by atoms with Crippen molar-refractivity contribution in [3.05, 3.63) is 29.8 Å². The topological polar surface area (TPSA) is 63.4 Å². The molecule has 0 aromatic heterocycles. The van der Waals surface area contributed by atoms with E-state index in [0.29, 0.717) is 24.6 Å². The Labute approximate surface area is 122 Å². The van der Waals surface area contributed by atoms with Gasteiger partial charge in [-0.2, -0.15) is 4.31 Å². The highest BCUT2D eigenvalue weighted by molar-refractivity contribution is 7.89. The van der Waals surface area contributed by atoms with E-state index >= 15 is 0 Å². The molecule has 1 aromatic carbocycles. The second-order valence-electron chi connectivity index (χ2n) is 6.02. The molecule has 5 heteroatoms. The molecule has 0 heterocycles. The van der Waals surface area contributed by atoms with Crippen molar-refractivity contribution in [2.45, 2.75) is 45.7 Å². The Balaban J connectivity index is 2.11. The highest BCUT2D eigenvalue weighted by Gasteiger charge is 2.36. The molecule has 1 aromatic rings. The smallest absolute Gasteiger partial charge is 0.214 e. The van der Waals surface area contributed by atoms with Crippen molar-refractivity contribution >= 4 is 15.7 Å². The molecule has 2 rings (SSSR count). The lowest BCUT2D eigenvalue weighted by atomic mass is 10.2. The normalized spacial score (nSPS) is 16.0. The molecule has 0 bridgehead atoms. The second kappa shape index (κ2) is 6.14. The van der Waals surface area contributed by atoms with Gasteiger partial charge < -0.3 is 5.73 Å². The van der Waals surface area contributed by atoms with Crippen molar-refractivity contribution < 1.29 is 8.42 Å². The number of benzene rings is 1. The fraction of sp³-hybridized carbons (Fsp3) is 0.600. The molecule has 0 atom stereocenters. The number of nitrogen functional groups attached to an aromatic ring is 1. The summed E-state index contributed by atoms with van der Waals surface area (Å²) in [5, 5.41) is 0. The van der Waals surface area contributed by atoms with Crippen LogP contribution < -0.4 is 5.73 Å². The Morgan fingerprint density at radius 2 is 2.05 bits per heavy atom. The molecule has 0 unspecified atom stereocenters. The highest BCUT2D eigenvalue weighted by Crippen LogP contribution is 2.31. The number of hydrogen-bond acceptors (Lipinski definition) is 3. The molecule has 20 heavy (non-hydrogen) atoms. The summed E-state index contributed by atoms with van der Waals surface area (Å²) in [5.74, 6) is 0.641. The first-order valence-corrected chi connectivity index (χ1v) is 8.83. The minimum atomic E-state index is -3.17. The van der Waals surface area contributed by atoms with E-state index in [1.165, 1.54) is 0 Å². The molecule has 0 amide bonds. The van der Waals surface area contributed by atoms with E-state index < -0.39 is 10.0 Å². The maximum atomic E-state index is 12.5. The van der Waals surface area contributed by atoms with Crippen LogP contribution in [0.3, 0.4) is 0 Å². The van der Waals surface area contributed by atoms with E-state index in [4.69, 9.17) is 5.73 Å². The van der Waals surface area contributed by atoms with Gasteiger partial charge in [-0.05, 0) is 42.9 Å². The summed E-state index contributed by atoms with van der Waals surface area (Å²) < 4.78 is 26.7. The summed E-state index contributed by atoms with van der Waals surface area (Å²) in [7, 11) is -3.17. The van der Waals surface area contributed by atoms with Gasteiger partial charge in [0.25, 0.3) is 0 Å². The van der Waals surface area contributed by atoms with Crippen LogP contribution in [0.5, 0.6) is 0 Å². The molecule has 0 aliphatic heterocycles. The second-order valence-corrected chi connectivity index (χ2v) is 8.06. The Hall–Kier alpha value is -1.07. The SMILES string of the molecule is CC(C)CCS(=O)(=O)N(Cc1cccc(N)c1)C1CC1. The standard InChI is InChI=1S/C15H24N2O2S/c1-12(2)8-9-20(18,19)17(15-6-7-15)11-13-4-3-5-14(16)10-13/h3-5,10,12,15H,6-9,11,16H2,1-2H3.